The van der Waals surface area contributed by atoms with Crippen molar-refractivity contribution in [2.24, 2.45) is 0 Å². The van der Waals surface area contributed by atoms with E-state index in [0.29, 0.717) is 0 Å². The Morgan fingerprint density at radius 2 is 2.11 bits per heavy atom. The van der Waals surface area contributed by atoms with Gasteiger partial charge in [0.15, 0.2) is 0 Å². The largest absolute Gasteiger partial charge is 0.464 e. The first-order valence-electron chi connectivity index (χ1n) is 2.72. The van der Waals surface area contributed by atoms with Gasteiger partial charge >= 0.3 is 0 Å². The molecule has 1 aromatic rings. The smallest absolute Gasteiger partial charge is 0.142 e. The van der Waals surface area contributed by atoms with Crippen LogP contribution in [0.4, 0.5) is 0 Å². The Labute approximate surface area is 52.6 Å². The van der Waals surface area contributed by atoms with Crippen molar-refractivity contribution in [1.82, 2.24) is 0 Å². The maximum Gasteiger partial charge on any atom is 0.142 e. The van der Waals surface area contributed by atoms with E-state index >= 15 is 0 Å². The zero-order valence-corrected chi connectivity index (χ0v) is 4.72. The Kier molecular flexibility index (Phi) is 0.757. The molecule has 0 unspecified atom stereocenters. The van der Waals surface area contributed by atoms with E-state index in [4.69, 9.17) is 4.42 Å². The minimum atomic E-state index is 0.869. The molecule has 1 heterocycles. The van der Waals surface area contributed by atoms with Gasteiger partial charge in [0.05, 0.1) is 6.26 Å². The van der Waals surface area contributed by atoms with Gasteiger partial charge in [-0.25, -0.2) is 0 Å². The Balaban J connectivity index is 2.79. The second-order valence-electron chi connectivity index (χ2n) is 1.82. The van der Waals surface area contributed by atoms with Crippen LogP contribution in [0.2, 0.25) is 0 Å². The van der Waals surface area contributed by atoms with E-state index in [0.717, 1.165) is 11.3 Å². The average Bonchev–Trinajstić information content (AvgIpc) is 2.33. The van der Waals surface area contributed by atoms with Gasteiger partial charge in [0.25, 0.3) is 0 Å². The SMILES string of the molecule is C1=C=Cc2occc2C=1. The van der Waals surface area contributed by atoms with Crippen molar-refractivity contribution >= 4 is 12.2 Å². The van der Waals surface area contributed by atoms with Crippen molar-refractivity contribution in [3.63, 3.8) is 0 Å². The minimum absolute atomic E-state index is 0.869. The molecule has 2 rings (SSSR count). The molecule has 1 aliphatic rings. The summed E-state index contributed by atoms with van der Waals surface area (Å²) in [6.07, 6.45) is 5.28. The van der Waals surface area contributed by atoms with Crippen molar-refractivity contribution in [3.05, 3.63) is 35.1 Å². The molecule has 1 nitrogen and oxygen atoms in total. The summed E-state index contributed by atoms with van der Waals surface area (Å²) >= 11 is 0. The highest BCUT2D eigenvalue weighted by Gasteiger charge is 1.98. The molecule has 0 amide bonds. The third-order valence-electron chi connectivity index (χ3n) is 1.24. The molecule has 0 N–H and O–H groups in total. The van der Waals surface area contributed by atoms with Gasteiger partial charge in [0.2, 0.25) is 0 Å². The van der Waals surface area contributed by atoms with Gasteiger partial charge in [0.1, 0.15) is 5.76 Å². The molecule has 9 heavy (non-hydrogen) atoms. The fourth-order valence-corrected chi connectivity index (χ4v) is 0.794. The summed E-state index contributed by atoms with van der Waals surface area (Å²) in [7, 11) is 0. The Hall–Kier alpha value is -1.42. The fraction of sp³-hybridized carbons (Fsp3) is 0. The van der Waals surface area contributed by atoms with E-state index in [-0.39, 0.29) is 0 Å². The maximum atomic E-state index is 5.07. The zero-order valence-electron chi connectivity index (χ0n) is 4.72. The zero-order chi connectivity index (χ0) is 6.10. The molecule has 1 heteroatoms. The van der Waals surface area contributed by atoms with Crippen molar-refractivity contribution in [2.75, 3.05) is 0 Å². The van der Waals surface area contributed by atoms with Crippen LogP contribution in [-0.4, -0.2) is 0 Å². The van der Waals surface area contributed by atoms with E-state index in [2.05, 4.69) is 11.5 Å². The highest BCUT2D eigenvalue weighted by atomic mass is 16.3. The predicted octanol–water partition coefficient (Wildman–Crippen LogP) is 2.07. The third-order valence-corrected chi connectivity index (χ3v) is 1.24. The van der Waals surface area contributed by atoms with Crippen LogP contribution in [0.3, 0.4) is 0 Å². The molecule has 0 aliphatic heterocycles. The van der Waals surface area contributed by atoms with E-state index in [1.54, 1.807) is 12.3 Å². The van der Waals surface area contributed by atoms with Gasteiger partial charge in [-0.05, 0) is 12.1 Å². The van der Waals surface area contributed by atoms with Crippen molar-refractivity contribution in [2.45, 2.75) is 0 Å². The molecule has 0 spiro atoms. The molecule has 1 aliphatic carbocycles. The molecule has 0 atom stereocenters. The number of fused-ring (bicyclic) bond motifs is 1. The van der Waals surface area contributed by atoms with Gasteiger partial charge in [0, 0.05) is 11.6 Å². The highest BCUT2D eigenvalue weighted by molar-refractivity contribution is 5.64. The van der Waals surface area contributed by atoms with E-state index in [9.17, 15) is 0 Å². The lowest BCUT2D eigenvalue weighted by molar-refractivity contribution is 0.556. The van der Waals surface area contributed by atoms with Crippen LogP contribution in [0.25, 0.3) is 12.2 Å². The molecule has 0 saturated heterocycles. The average molecular weight is 116 g/mol. The van der Waals surface area contributed by atoms with E-state index in [1.165, 1.54) is 0 Å². The van der Waals surface area contributed by atoms with Gasteiger partial charge in [-0.3, -0.25) is 0 Å². The van der Waals surface area contributed by atoms with Crippen LogP contribution in [0.1, 0.15) is 11.3 Å². The second-order valence-corrected chi connectivity index (χ2v) is 1.82. The van der Waals surface area contributed by atoms with Crippen LogP contribution >= 0.6 is 0 Å². The summed E-state index contributed by atoms with van der Waals surface area (Å²) in [5.41, 5.74) is 6.72. The molecule has 1 aromatic heterocycles. The minimum Gasteiger partial charge on any atom is -0.464 e. The van der Waals surface area contributed by atoms with Gasteiger partial charge in [-0.15, -0.1) is 0 Å². The molecule has 0 saturated carbocycles. The number of furan rings is 1. The molecule has 0 radical (unpaired) electrons. The maximum absolute atomic E-state index is 5.07. The van der Waals surface area contributed by atoms with E-state index in [1.807, 2.05) is 12.1 Å². The summed E-state index contributed by atoms with van der Waals surface area (Å²) < 4.78 is 5.07. The standard InChI is InChI=1S/C8H4O/c1-2-4-8-7(3-1)5-6-9-8/h3-6H. The summed E-state index contributed by atoms with van der Waals surface area (Å²) in [5.74, 6) is 0.869. The first kappa shape index (κ1) is 4.46. The van der Waals surface area contributed by atoms with Crippen molar-refractivity contribution in [1.29, 1.82) is 0 Å². The lowest BCUT2D eigenvalue weighted by atomic mass is 10.2. The number of rotatable bonds is 0. The summed E-state index contributed by atoms with van der Waals surface area (Å²) in [6, 6.07) is 1.90. The topological polar surface area (TPSA) is 13.1 Å². The first-order valence-corrected chi connectivity index (χ1v) is 2.72. The quantitative estimate of drug-likeness (QED) is 0.480. The Bertz CT molecular complexity index is 288. The highest BCUT2D eigenvalue weighted by Crippen LogP contribution is 2.14. The van der Waals surface area contributed by atoms with Crippen molar-refractivity contribution < 1.29 is 4.42 Å². The van der Waals surface area contributed by atoms with Gasteiger partial charge in [-0.1, -0.05) is 11.5 Å². The summed E-state index contributed by atoms with van der Waals surface area (Å²) in [4.78, 5) is 0. The molecule has 0 fully saturated rings. The molecular formula is C8H4O. The molecule has 42 valence electrons. The summed E-state index contributed by atoms with van der Waals surface area (Å²) in [5, 5.41) is 0. The lowest BCUT2D eigenvalue weighted by Gasteiger charge is -1.86. The normalized spacial score (nSPS) is 12.0. The van der Waals surface area contributed by atoms with Gasteiger partial charge < -0.3 is 4.42 Å². The number of hydrogen-bond donors (Lipinski definition) is 0. The molecule has 0 bridgehead atoms. The van der Waals surface area contributed by atoms with Crippen LogP contribution in [0, 0.1) is 0 Å². The van der Waals surface area contributed by atoms with Crippen LogP contribution < -0.4 is 0 Å². The third kappa shape index (κ3) is 0.569. The monoisotopic (exact) mass is 116 g/mol. The molecular weight excluding hydrogens is 112 g/mol. The Morgan fingerprint density at radius 3 is 3.00 bits per heavy atom. The fourth-order valence-electron chi connectivity index (χ4n) is 0.794. The van der Waals surface area contributed by atoms with E-state index < -0.39 is 0 Å². The molecule has 0 aromatic carbocycles. The summed E-state index contributed by atoms with van der Waals surface area (Å²) in [6.45, 7) is 0. The van der Waals surface area contributed by atoms with Gasteiger partial charge in [-0.2, -0.15) is 0 Å². The Morgan fingerprint density at radius 1 is 1.22 bits per heavy atom. The number of hydrogen-bond acceptors (Lipinski definition) is 1. The second kappa shape index (κ2) is 1.53. The lowest BCUT2D eigenvalue weighted by Crippen LogP contribution is -1.70. The first-order chi connectivity index (χ1) is 4.47. The van der Waals surface area contributed by atoms with Crippen LogP contribution in [-0.2, 0) is 0 Å². The van der Waals surface area contributed by atoms with Crippen molar-refractivity contribution in [3.8, 4) is 0 Å². The predicted molar refractivity (Wildman–Crippen MR) is 34.7 cm³/mol. The van der Waals surface area contributed by atoms with Crippen LogP contribution in [0.15, 0.2) is 28.2 Å². The van der Waals surface area contributed by atoms with Crippen LogP contribution in [0.5, 0.6) is 0 Å².